The molecule has 2 N–H and O–H groups in total. The van der Waals surface area contributed by atoms with E-state index in [0.29, 0.717) is 18.5 Å². The Morgan fingerprint density at radius 2 is 1.95 bits per heavy atom. The lowest BCUT2D eigenvalue weighted by molar-refractivity contribution is 0.170. The van der Waals surface area contributed by atoms with Crippen LogP contribution in [0.25, 0.3) is 0 Å². The fourth-order valence-corrected chi connectivity index (χ4v) is 3.88. The van der Waals surface area contributed by atoms with Crippen LogP contribution in [0.4, 0.5) is 0 Å². The van der Waals surface area contributed by atoms with E-state index in [0.717, 1.165) is 17.2 Å². The highest BCUT2D eigenvalue weighted by atomic mass is 32.2. The first-order chi connectivity index (χ1) is 10.1. The second-order valence-corrected chi connectivity index (χ2v) is 7.77. The first-order valence-corrected chi connectivity index (χ1v) is 9.40. The van der Waals surface area contributed by atoms with Crippen LogP contribution in [0, 0.1) is 5.92 Å². The van der Waals surface area contributed by atoms with E-state index < -0.39 is 6.10 Å². The lowest BCUT2D eigenvalue weighted by Crippen LogP contribution is -2.31. The first kappa shape index (κ1) is 16.9. The highest BCUT2D eigenvalue weighted by Crippen LogP contribution is 2.28. The molecule has 118 valence electrons. The molecule has 21 heavy (non-hydrogen) atoms. The topological polar surface area (TPSA) is 32.3 Å². The molecule has 0 spiro atoms. The molecule has 0 heterocycles. The Bertz CT molecular complexity index is 418. The van der Waals surface area contributed by atoms with E-state index in [4.69, 9.17) is 0 Å². The van der Waals surface area contributed by atoms with Crippen LogP contribution in [0.1, 0.15) is 50.3 Å². The maximum absolute atomic E-state index is 10.3. The largest absolute Gasteiger partial charge is 0.387 e. The molecule has 0 radical (unpaired) electrons. The zero-order valence-corrected chi connectivity index (χ0v) is 14.3. The average molecular weight is 308 g/mol. The molecular formula is C18H29NOS. The van der Waals surface area contributed by atoms with Crippen LogP contribution in [-0.2, 0) is 6.42 Å². The highest BCUT2D eigenvalue weighted by molar-refractivity contribution is 7.99. The summed E-state index contributed by atoms with van der Waals surface area (Å²) < 4.78 is 0. The molecule has 2 rings (SSSR count). The minimum atomic E-state index is -0.397. The maximum Gasteiger partial charge on any atom is 0.0914 e. The Balaban J connectivity index is 1.79. The van der Waals surface area contributed by atoms with E-state index in [2.05, 4.69) is 49.7 Å². The van der Waals surface area contributed by atoms with E-state index >= 15 is 0 Å². The van der Waals surface area contributed by atoms with Gasteiger partial charge < -0.3 is 10.4 Å². The van der Waals surface area contributed by atoms with Gasteiger partial charge >= 0.3 is 0 Å². The molecule has 1 aliphatic rings. The molecule has 0 aliphatic heterocycles. The van der Waals surface area contributed by atoms with Gasteiger partial charge in [-0.1, -0.05) is 38.1 Å². The van der Waals surface area contributed by atoms with E-state index in [-0.39, 0.29) is 0 Å². The zero-order valence-electron chi connectivity index (χ0n) is 13.5. The van der Waals surface area contributed by atoms with E-state index in [1.165, 1.54) is 24.8 Å². The first-order valence-electron chi connectivity index (χ1n) is 8.11. The van der Waals surface area contributed by atoms with Crippen molar-refractivity contribution in [2.45, 2.75) is 56.9 Å². The average Bonchev–Trinajstić information content (AvgIpc) is 2.93. The minimum Gasteiger partial charge on any atom is -0.387 e. The third-order valence-electron chi connectivity index (χ3n) is 4.33. The number of aliphatic hydroxyl groups is 1. The fraction of sp³-hybridized carbons (Fsp3) is 0.667. The van der Waals surface area contributed by atoms with Gasteiger partial charge in [-0.2, -0.15) is 11.8 Å². The molecule has 0 aromatic heterocycles. The number of rotatable bonds is 7. The van der Waals surface area contributed by atoms with Crippen LogP contribution >= 0.6 is 11.8 Å². The lowest BCUT2D eigenvalue weighted by atomic mass is 10.00. The maximum atomic E-state index is 10.3. The minimum absolute atomic E-state index is 0.397. The summed E-state index contributed by atoms with van der Waals surface area (Å²) in [4.78, 5) is 0. The third-order valence-corrected chi connectivity index (χ3v) is 5.42. The van der Waals surface area contributed by atoms with Gasteiger partial charge in [-0.25, -0.2) is 0 Å². The van der Waals surface area contributed by atoms with E-state index in [9.17, 15) is 5.11 Å². The molecule has 3 unspecified atom stereocenters. The number of nitrogens with one attached hydrogen (secondary N) is 1. The molecule has 0 bridgehead atoms. The molecule has 3 heteroatoms. The quantitative estimate of drug-likeness (QED) is 0.804. The van der Waals surface area contributed by atoms with Gasteiger partial charge in [0.25, 0.3) is 0 Å². The second kappa shape index (κ2) is 8.21. The molecule has 0 amide bonds. The molecule has 3 atom stereocenters. The fourth-order valence-electron chi connectivity index (χ4n) is 3.08. The van der Waals surface area contributed by atoms with E-state index in [1.807, 2.05) is 11.8 Å². The van der Waals surface area contributed by atoms with Crippen molar-refractivity contribution in [2.75, 3.05) is 12.8 Å². The Labute approximate surface area is 133 Å². The number of aliphatic hydroxyl groups excluding tert-OH is 1. The van der Waals surface area contributed by atoms with Crippen molar-refractivity contribution in [3.05, 3.63) is 35.4 Å². The molecule has 1 fully saturated rings. The lowest BCUT2D eigenvalue weighted by Gasteiger charge is -2.17. The molecule has 1 aliphatic carbocycles. The smallest absolute Gasteiger partial charge is 0.0914 e. The molecule has 0 saturated heterocycles. The summed E-state index contributed by atoms with van der Waals surface area (Å²) in [7, 11) is 0. The second-order valence-electron chi connectivity index (χ2n) is 6.63. The standard InChI is InChI=1S/C18H29NOS/c1-13(2)10-14-4-6-15(7-5-14)18(20)12-19-16-8-9-17(11-16)21-3/h4-7,13,16-20H,8-12H2,1-3H3. The summed E-state index contributed by atoms with van der Waals surface area (Å²) in [5.41, 5.74) is 2.38. The van der Waals surface area contributed by atoms with Gasteiger partial charge in [-0.15, -0.1) is 0 Å². The number of benzene rings is 1. The summed E-state index contributed by atoms with van der Waals surface area (Å²) >= 11 is 1.97. The molecule has 1 aromatic rings. The van der Waals surface area contributed by atoms with Crippen LogP contribution in [0.2, 0.25) is 0 Å². The summed E-state index contributed by atoms with van der Waals surface area (Å²) in [6, 6.07) is 9.03. The highest BCUT2D eigenvalue weighted by Gasteiger charge is 2.24. The van der Waals surface area contributed by atoms with Gasteiger partial charge in [0.1, 0.15) is 0 Å². The van der Waals surface area contributed by atoms with Crippen LogP contribution in [0.3, 0.4) is 0 Å². The molecule has 2 nitrogen and oxygen atoms in total. The van der Waals surface area contributed by atoms with E-state index in [1.54, 1.807) is 0 Å². The predicted octanol–water partition coefficient (Wildman–Crippen LogP) is 3.79. The van der Waals surface area contributed by atoms with Crippen LogP contribution < -0.4 is 5.32 Å². The van der Waals surface area contributed by atoms with Crippen molar-refractivity contribution in [3.63, 3.8) is 0 Å². The Hall–Kier alpha value is -0.510. The van der Waals surface area contributed by atoms with Gasteiger partial charge in [-0.05, 0) is 49.0 Å². The van der Waals surface area contributed by atoms with Crippen molar-refractivity contribution in [1.29, 1.82) is 0 Å². The summed E-state index contributed by atoms with van der Waals surface area (Å²) in [5.74, 6) is 0.675. The summed E-state index contributed by atoms with van der Waals surface area (Å²) in [5, 5.41) is 14.6. The van der Waals surface area contributed by atoms with Crippen molar-refractivity contribution >= 4 is 11.8 Å². The Kier molecular flexibility index (Phi) is 6.59. The number of hydrogen-bond acceptors (Lipinski definition) is 3. The molecule has 1 aromatic carbocycles. The van der Waals surface area contributed by atoms with Crippen molar-refractivity contribution in [2.24, 2.45) is 5.92 Å². The SMILES string of the molecule is CSC1CCC(NCC(O)c2ccc(CC(C)C)cc2)C1. The van der Waals surface area contributed by atoms with Gasteiger partial charge in [0.15, 0.2) is 0 Å². The van der Waals surface area contributed by atoms with Crippen LogP contribution in [0.15, 0.2) is 24.3 Å². The van der Waals surface area contributed by atoms with Crippen molar-refractivity contribution in [3.8, 4) is 0 Å². The molecular weight excluding hydrogens is 278 g/mol. The third kappa shape index (κ3) is 5.32. The van der Waals surface area contributed by atoms with Crippen molar-refractivity contribution in [1.82, 2.24) is 5.32 Å². The van der Waals surface area contributed by atoms with Gasteiger partial charge in [0.05, 0.1) is 6.10 Å². The number of hydrogen-bond donors (Lipinski definition) is 2. The molecule has 1 saturated carbocycles. The monoisotopic (exact) mass is 307 g/mol. The summed E-state index contributed by atoms with van der Waals surface area (Å²) in [6.45, 7) is 5.13. The summed E-state index contributed by atoms with van der Waals surface area (Å²) in [6.07, 6.45) is 6.69. The number of thioether (sulfide) groups is 1. The predicted molar refractivity (Wildman–Crippen MR) is 92.9 cm³/mol. The van der Waals surface area contributed by atoms with Gasteiger partial charge in [0.2, 0.25) is 0 Å². The Morgan fingerprint density at radius 3 is 2.52 bits per heavy atom. The van der Waals surface area contributed by atoms with Crippen molar-refractivity contribution < 1.29 is 5.11 Å². The van der Waals surface area contributed by atoms with Crippen LogP contribution in [-0.4, -0.2) is 29.2 Å². The van der Waals surface area contributed by atoms with Gasteiger partial charge in [-0.3, -0.25) is 0 Å². The normalized spacial score (nSPS) is 23.7. The van der Waals surface area contributed by atoms with Gasteiger partial charge in [0, 0.05) is 17.8 Å². The van der Waals surface area contributed by atoms with Crippen LogP contribution in [0.5, 0.6) is 0 Å². The zero-order chi connectivity index (χ0) is 15.2. The Morgan fingerprint density at radius 1 is 1.24 bits per heavy atom.